The van der Waals surface area contributed by atoms with Gasteiger partial charge < -0.3 is 4.90 Å². The van der Waals surface area contributed by atoms with Crippen molar-refractivity contribution in [2.45, 2.75) is 43.4 Å². The zero-order chi connectivity index (χ0) is 19.9. The fourth-order valence-corrected chi connectivity index (χ4v) is 5.37. The smallest absolute Gasteiger partial charge is 0.210 e. The Bertz CT molecular complexity index is 1110. The second-order valence-electron chi connectivity index (χ2n) is 7.93. The van der Waals surface area contributed by atoms with Crippen LogP contribution in [-0.2, 0) is 9.84 Å². The highest BCUT2D eigenvalue weighted by atomic mass is 32.2. The first kappa shape index (κ1) is 18.9. The summed E-state index contributed by atoms with van der Waals surface area (Å²) in [6.45, 7) is 7.97. The molecular formula is C23H26N2O2S. The third-order valence-corrected chi connectivity index (χ3v) is 7.53. The zero-order valence-corrected chi connectivity index (χ0v) is 17.5. The highest BCUT2D eigenvalue weighted by Gasteiger charge is 2.28. The van der Waals surface area contributed by atoms with E-state index >= 15 is 0 Å². The van der Waals surface area contributed by atoms with E-state index in [4.69, 9.17) is 0 Å². The Balaban J connectivity index is 1.95. The molecule has 0 amide bonds. The molecule has 3 aromatic rings. The number of hydrogen-bond acceptors (Lipinski definition) is 4. The predicted octanol–water partition coefficient (Wildman–Crippen LogP) is 4.92. The Morgan fingerprint density at radius 1 is 1.00 bits per heavy atom. The molecule has 1 saturated heterocycles. The third kappa shape index (κ3) is 3.28. The van der Waals surface area contributed by atoms with E-state index < -0.39 is 9.84 Å². The molecule has 1 aliphatic heterocycles. The second-order valence-corrected chi connectivity index (χ2v) is 9.85. The van der Waals surface area contributed by atoms with Crippen molar-refractivity contribution in [3.8, 4) is 0 Å². The fraction of sp³-hybridized carbons (Fsp3) is 0.348. The maximum atomic E-state index is 13.5. The Hall–Kier alpha value is -2.40. The summed E-state index contributed by atoms with van der Waals surface area (Å²) in [4.78, 5) is 7.42. The highest BCUT2D eigenvalue weighted by molar-refractivity contribution is 7.91. The quantitative estimate of drug-likeness (QED) is 0.633. The van der Waals surface area contributed by atoms with Crippen LogP contribution in [0.15, 0.2) is 58.5 Å². The number of benzene rings is 2. The highest BCUT2D eigenvalue weighted by Crippen LogP contribution is 2.38. The Morgan fingerprint density at radius 3 is 2.36 bits per heavy atom. The van der Waals surface area contributed by atoms with E-state index in [9.17, 15) is 8.42 Å². The lowest BCUT2D eigenvalue weighted by Gasteiger charge is -2.34. The first-order chi connectivity index (χ1) is 13.4. The summed E-state index contributed by atoms with van der Waals surface area (Å²) in [5, 5.41) is 0.919. The van der Waals surface area contributed by atoms with E-state index in [-0.39, 0.29) is 0 Å². The Labute approximate surface area is 167 Å². The lowest BCUT2D eigenvalue weighted by atomic mass is 9.98. The molecule has 146 valence electrons. The van der Waals surface area contributed by atoms with Gasteiger partial charge in [0.15, 0.2) is 0 Å². The van der Waals surface area contributed by atoms with Crippen molar-refractivity contribution in [3.63, 3.8) is 0 Å². The van der Waals surface area contributed by atoms with Gasteiger partial charge in [0, 0.05) is 24.7 Å². The number of fused-ring (bicyclic) bond motifs is 1. The van der Waals surface area contributed by atoms with Crippen LogP contribution in [0.5, 0.6) is 0 Å². The Kier molecular flexibility index (Phi) is 4.88. The van der Waals surface area contributed by atoms with Gasteiger partial charge in [-0.1, -0.05) is 42.8 Å². The molecule has 0 bridgehead atoms. The molecule has 0 radical (unpaired) electrons. The van der Waals surface area contributed by atoms with Crippen molar-refractivity contribution >= 4 is 26.4 Å². The number of anilines is 1. The van der Waals surface area contributed by atoms with Gasteiger partial charge in [-0.05, 0) is 50.3 Å². The van der Waals surface area contributed by atoms with Gasteiger partial charge in [0.2, 0.25) is 9.84 Å². The van der Waals surface area contributed by atoms with Gasteiger partial charge in [0.05, 0.1) is 16.1 Å². The molecule has 1 fully saturated rings. The number of nitrogens with zero attached hydrogens (tertiary/aromatic N) is 2. The molecule has 0 spiro atoms. The number of piperidine rings is 1. The van der Waals surface area contributed by atoms with E-state index in [1.54, 1.807) is 18.3 Å². The lowest BCUT2D eigenvalue weighted by molar-refractivity contribution is 0.437. The minimum Gasteiger partial charge on any atom is -0.370 e. The second kappa shape index (κ2) is 7.21. The number of aryl methyl sites for hydroxylation is 2. The molecule has 5 heteroatoms. The van der Waals surface area contributed by atoms with Crippen molar-refractivity contribution in [2.24, 2.45) is 5.92 Å². The molecule has 0 atom stereocenters. The Morgan fingerprint density at radius 2 is 1.68 bits per heavy atom. The van der Waals surface area contributed by atoms with E-state index in [0.29, 0.717) is 15.7 Å². The summed E-state index contributed by atoms with van der Waals surface area (Å²) >= 11 is 0. The average Bonchev–Trinajstić information content (AvgIpc) is 2.68. The standard InChI is InChI=1S/C23H26N2O2S/c1-16-7-9-19(10-8-16)28(26,27)21-15-24-22-18(3)5-4-6-20(22)23(21)25-13-11-17(2)12-14-25/h4-10,15,17H,11-14H2,1-3H3. The number of pyridine rings is 1. The molecule has 0 aliphatic carbocycles. The van der Waals surface area contributed by atoms with Crippen LogP contribution >= 0.6 is 0 Å². The summed E-state index contributed by atoms with van der Waals surface area (Å²) in [7, 11) is -3.66. The van der Waals surface area contributed by atoms with E-state index in [1.807, 2.05) is 44.2 Å². The lowest BCUT2D eigenvalue weighted by Crippen LogP contribution is -2.34. The van der Waals surface area contributed by atoms with Crippen LogP contribution in [0.25, 0.3) is 10.9 Å². The molecular weight excluding hydrogens is 368 g/mol. The maximum Gasteiger partial charge on any atom is 0.210 e. The number of para-hydroxylation sites is 1. The molecule has 2 aromatic carbocycles. The zero-order valence-electron chi connectivity index (χ0n) is 16.6. The molecule has 4 rings (SSSR count). The van der Waals surface area contributed by atoms with Gasteiger partial charge in [-0.2, -0.15) is 0 Å². The topological polar surface area (TPSA) is 50.3 Å². The average molecular weight is 395 g/mol. The third-order valence-electron chi connectivity index (χ3n) is 5.76. The van der Waals surface area contributed by atoms with Crippen LogP contribution in [0.2, 0.25) is 0 Å². The van der Waals surface area contributed by atoms with Gasteiger partial charge in [0.25, 0.3) is 0 Å². The fourth-order valence-electron chi connectivity index (χ4n) is 3.94. The van der Waals surface area contributed by atoms with Gasteiger partial charge in [-0.25, -0.2) is 8.42 Å². The summed E-state index contributed by atoms with van der Waals surface area (Å²) in [6.07, 6.45) is 3.69. The minimum absolute atomic E-state index is 0.309. The normalized spacial score (nSPS) is 15.9. The summed E-state index contributed by atoms with van der Waals surface area (Å²) in [5.74, 6) is 0.670. The van der Waals surface area contributed by atoms with Crippen molar-refractivity contribution in [3.05, 3.63) is 59.8 Å². The number of rotatable bonds is 3. The molecule has 0 saturated carbocycles. The van der Waals surface area contributed by atoms with Crippen molar-refractivity contribution < 1.29 is 8.42 Å². The van der Waals surface area contributed by atoms with Crippen LogP contribution in [-0.4, -0.2) is 26.5 Å². The van der Waals surface area contributed by atoms with Gasteiger partial charge >= 0.3 is 0 Å². The maximum absolute atomic E-state index is 13.5. The molecule has 0 N–H and O–H groups in total. The molecule has 0 unspecified atom stereocenters. The monoisotopic (exact) mass is 394 g/mol. The van der Waals surface area contributed by atoms with Crippen molar-refractivity contribution in [1.29, 1.82) is 0 Å². The van der Waals surface area contributed by atoms with E-state index in [0.717, 1.165) is 53.6 Å². The van der Waals surface area contributed by atoms with E-state index in [2.05, 4.69) is 16.8 Å². The van der Waals surface area contributed by atoms with Crippen LogP contribution in [0.1, 0.15) is 30.9 Å². The number of hydrogen-bond donors (Lipinski definition) is 0. The summed E-state index contributed by atoms with van der Waals surface area (Å²) in [5.41, 5.74) is 3.78. The first-order valence-corrected chi connectivity index (χ1v) is 11.3. The van der Waals surface area contributed by atoms with Gasteiger partial charge in [-0.15, -0.1) is 0 Å². The van der Waals surface area contributed by atoms with Gasteiger partial charge in [-0.3, -0.25) is 4.98 Å². The van der Waals surface area contributed by atoms with Crippen molar-refractivity contribution in [2.75, 3.05) is 18.0 Å². The minimum atomic E-state index is -3.66. The van der Waals surface area contributed by atoms with E-state index in [1.165, 1.54) is 0 Å². The van der Waals surface area contributed by atoms with Crippen molar-refractivity contribution in [1.82, 2.24) is 4.98 Å². The molecule has 28 heavy (non-hydrogen) atoms. The summed E-state index contributed by atoms with van der Waals surface area (Å²) in [6, 6.07) is 13.1. The summed E-state index contributed by atoms with van der Waals surface area (Å²) < 4.78 is 27.1. The molecule has 1 aliphatic rings. The molecule has 1 aromatic heterocycles. The number of aromatic nitrogens is 1. The van der Waals surface area contributed by atoms with Crippen LogP contribution in [0.4, 0.5) is 5.69 Å². The predicted molar refractivity (Wildman–Crippen MR) is 114 cm³/mol. The SMILES string of the molecule is Cc1ccc(S(=O)(=O)c2cnc3c(C)cccc3c2N2CCC(C)CC2)cc1. The van der Waals surface area contributed by atoms with Crippen LogP contribution in [0, 0.1) is 19.8 Å². The van der Waals surface area contributed by atoms with Crippen LogP contribution < -0.4 is 4.90 Å². The van der Waals surface area contributed by atoms with Crippen LogP contribution in [0.3, 0.4) is 0 Å². The molecule has 4 nitrogen and oxygen atoms in total. The van der Waals surface area contributed by atoms with Gasteiger partial charge in [0.1, 0.15) is 4.90 Å². The largest absolute Gasteiger partial charge is 0.370 e. The number of sulfone groups is 1. The first-order valence-electron chi connectivity index (χ1n) is 9.83. The molecule has 2 heterocycles.